The van der Waals surface area contributed by atoms with Crippen LogP contribution in [-0.4, -0.2) is 66.4 Å². The van der Waals surface area contributed by atoms with Crippen LogP contribution in [0.15, 0.2) is 18.2 Å². The molecule has 2 rings (SSSR count). The van der Waals surface area contributed by atoms with Crippen LogP contribution in [0.25, 0.3) is 0 Å². The van der Waals surface area contributed by atoms with Crippen LogP contribution in [0.4, 0.5) is 5.69 Å². The van der Waals surface area contributed by atoms with E-state index in [1.165, 1.54) is 32.2 Å². The fraction of sp³-hybridized carbons (Fsp3) is 0.467. The number of piperazine rings is 1. The zero-order valence-corrected chi connectivity index (χ0v) is 13.6. The van der Waals surface area contributed by atoms with Gasteiger partial charge in [-0.25, -0.2) is 0 Å². The van der Waals surface area contributed by atoms with Crippen LogP contribution in [0.5, 0.6) is 11.5 Å². The van der Waals surface area contributed by atoms with Crippen LogP contribution in [0.1, 0.15) is 6.92 Å². The molecule has 0 aliphatic carbocycles. The van der Waals surface area contributed by atoms with Crippen molar-refractivity contribution in [2.24, 2.45) is 0 Å². The molecule has 1 aromatic rings. The lowest BCUT2D eigenvalue weighted by Crippen LogP contribution is -2.51. The number of ether oxygens (including phenoxy) is 2. The van der Waals surface area contributed by atoms with Gasteiger partial charge >= 0.3 is 0 Å². The number of hydrogen-bond acceptors (Lipinski definition) is 6. The molecule has 0 aromatic heterocycles. The zero-order valence-electron chi connectivity index (χ0n) is 13.6. The Morgan fingerprint density at radius 3 is 2.33 bits per heavy atom. The minimum absolute atomic E-state index is 0.00559. The lowest BCUT2D eigenvalue weighted by molar-refractivity contribution is -0.384. The van der Waals surface area contributed by atoms with Crippen molar-refractivity contribution in [1.29, 1.82) is 0 Å². The fourth-order valence-corrected chi connectivity index (χ4v) is 2.39. The Morgan fingerprint density at radius 2 is 1.79 bits per heavy atom. The number of methoxy groups -OCH3 is 1. The number of non-ortho nitro benzene ring substituents is 1. The second-order valence-corrected chi connectivity index (χ2v) is 5.27. The fourth-order valence-electron chi connectivity index (χ4n) is 2.39. The molecule has 1 aromatic carbocycles. The third-order valence-corrected chi connectivity index (χ3v) is 3.79. The Kier molecular flexibility index (Phi) is 5.56. The molecule has 0 saturated carbocycles. The second kappa shape index (κ2) is 7.62. The van der Waals surface area contributed by atoms with E-state index in [1.807, 2.05) is 0 Å². The number of nitro benzene ring substituents is 1. The summed E-state index contributed by atoms with van der Waals surface area (Å²) in [5.74, 6) is 0.241. The van der Waals surface area contributed by atoms with Gasteiger partial charge < -0.3 is 19.3 Å². The molecular formula is C15H19N3O6. The van der Waals surface area contributed by atoms with E-state index in [0.29, 0.717) is 26.2 Å². The maximum absolute atomic E-state index is 12.2. The van der Waals surface area contributed by atoms with Crippen molar-refractivity contribution >= 4 is 17.5 Å². The third kappa shape index (κ3) is 4.12. The van der Waals surface area contributed by atoms with E-state index < -0.39 is 4.92 Å². The average Bonchev–Trinajstić information content (AvgIpc) is 2.59. The third-order valence-electron chi connectivity index (χ3n) is 3.79. The van der Waals surface area contributed by atoms with E-state index in [0.717, 1.165) is 0 Å². The summed E-state index contributed by atoms with van der Waals surface area (Å²) < 4.78 is 10.5. The van der Waals surface area contributed by atoms with E-state index in [1.54, 1.807) is 9.80 Å². The summed E-state index contributed by atoms with van der Waals surface area (Å²) >= 11 is 0. The van der Waals surface area contributed by atoms with E-state index in [-0.39, 0.29) is 35.6 Å². The highest BCUT2D eigenvalue weighted by atomic mass is 16.6. The first-order chi connectivity index (χ1) is 11.4. The lowest BCUT2D eigenvalue weighted by atomic mass is 10.3. The number of amides is 2. The molecule has 9 nitrogen and oxygen atoms in total. The predicted octanol–water partition coefficient (Wildman–Crippen LogP) is 0.673. The molecule has 0 atom stereocenters. The van der Waals surface area contributed by atoms with E-state index in [4.69, 9.17) is 9.47 Å². The number of rotatable bonds is 5. The number of benzene rings is 1. The van der Waals surface area contributed by atoms with E-state index in [9.17, 15) is 19.7 Å². The van der Waals surface area contributed by atoms with Crippen molar-refractivity contribution in [1.82, 2.24) is 9.80 Å². The topological polar surface area (TPSA) is 102 Å². The van der Waals surface area contributed by atoms with Crippen molar-refractivity contribution < 1.29 is 24.0 Å². The molecule has 9 heteroatoms. The molecule has 1 fully saturated rings. The molecule has 24 heavy (non-hydrogen) atoms. The maximum Gasteiger partial charge on any atom is 0.273 e. The summed E-state index contributed by atoms with van der Waals surface area (Å²) in [5, 5.41) is 10.7. The Balaban J connectivity index is 1.92. The van der Waals surface area contributed by atoms with Crippen molar-refractivity contribution in [3.05, 3.63) is 28.3 Å². The van der Waals surface area contributed by atoms with Crippen molar-refractivity contribution in [3.8, 4) is 11.5 Å². The molecule has 1 saturated heterocycles. The highest BCUT2D eigenvalue weighted by Gasteiger charge is 2.23. The van der Waals surface area contributed by atoms with Gasteiger partial charge in [-0.2, -0.15) is 0 Å². The van der Waals surface area contributed by atoms with Gasteiger partial charge in [-0.1, -0.05) is 0 Å². The van der Waals surface area contributed by atoms with E-state index in [2.05, 4.69) is 0 Å². The average molecular weight is 337 g/mol. The highest BCUT2D eigenvalue weighted by Crippen LogP contribution is 2.31. The Hall–Kier alpha value is -2.84. The number of nitro groups is 1. The van der Waals surface area contributed by atoms with Gasteiger partial charge in [0.05, 0.1) is 18.1 Å². The largest absolute Gasteiger partial charge is 0.493 e. The van der Waals surface area contributed by atoms with Crippen LogP contribution in [0.3, 0.4) is 0 Å². The first kappa shape index (κ1) is 17.5. The number of nitrogens with zero attached hydrogens (tertiary/aromatic N) is 3. The van der Waals surface area contributed by atoms with Crippen LogP contribution in [0, 0.1) is 10.1 Å². The Bertz CT molecular complexity index is 640. The van der Waals surface area contributed by atoms with Gasteiger partial charge in [0.1, 0.15) is 0 Å². The smallest absolute Gasteiger partial charge is 0.273 e. The van der Waals surface area contributed by atoms with E-state index >= 15 is 0 Å². The molecule has 0 spiro atoms. The van der Waals surface area contributed by atoms with Gasteiger partial charge in [-0.15, -0.1) is 0 Å². The predicted molar refractivity (Wildman–Crippen MR) is 84.0 cm³/mol. The number of hydrogen-bond donors (Lipinski definition) is 0. The monoisotopic (exact) mass is 337 g/mol. The maximum atomic E-state index is 12.2. The Labute approximate surface area is 138 Å². The van der Waals surface area contributed by atoms with Crippen molar-refractivity contribution in [3.63, 3.8) is 0 Å². The summed E-state index contributed by atoms with van der Waals surface area (Å²) in [6.45, 7) is 3.22. The zero-order chi connectivity index (χ0) is 17.7. The van der Waals surface area contributed by atoms with Crippen LogP contribution in [-0.2, 0) is 9.59 Å². The molecule has 2 amide bonds. The molecule has 0 bridgehead atoms. The standard InChI is InChI=1S/C15H19N3O6/c1-11(19)16-5-7-17(8-6-16)15(20)10-24-13-4-3-12(18(21)22)9-14(13)23-2/h3-4,9H,5-8,10H2,1-2H3. The van der Waals surface area contributed by atoms with Crippen molar-refractivity contribution in [2.45, 2.75) is 6.92 Å². The molecule has 1 aliphatic heterocycles. The summed E-state index contributed by atoms with van der Waals surface area (Å²) in [6.07, 6.45) is 0. The minimum Gasteiger partial charge on any atom is -0.493 e. The second-order valence-electron chi connectivity index (χ2n) is 5.27. The molecular weight excluding hydrogens is 318 g/mol. The number of carbonyl (C=O) groups is 2. The highest BCUT2D eigenvalue weighted by molar-refractivity contribution is 5.78. The first-order valence-electron chi connectivity index (χ1n) is 7.41. The molecule has 1 heterocycles. The Morgan fingerprint density at radius 1 is 1.17 bits per heavy atom. The van der Waals surface area contributed by atoms with Crippen molar-refractivity contribution in [2.75, 3.05) is 39.9 Å². The minimum atomic E-state index is -0.536. The van der Waals surface area contributed by atoms with Gasteiger partial charge in [-0.3, -0.25) is 19.7 Å². The lowest BCUT2D eigenvalue weighted by Gasteiger charge is -2.34. The molecule has 1 aliphatic rings. The first-order valence-corrected chi connectivity index (χ1v) is 7.41. The van der Waals surface area contributed by atoms with Gasteiger partial charge in [0.25, 0.3) is 11.6 Å². The normalized spacial score (nSPS) is 14.2. The molecule has 0 unspecified atom stereocenters. The molecule has 130 valence electrons. The van der Waals surface area contributed by atoms with Gasteiger partial charge in [-0.05, 0) is 6.07 Å². The SMILES string of the molecule is COc1cc([N+](=O)[O-])ccc1OCC(=O)N1CCN(C(C)=O)CC1. The summed E-state index contributed by atoms with van der Waals surface area (Å²) in [5.41, 5.74) is -0.120. The summed E-state index contributed by atoms with van der Waals surface area (Å²) in [4.78, 5) is 37.0. The molecule has 0 N–H and O–H groups in total. The molecule has 0 radical (unpaired) electrons. The summed E-state index contributed by atoms with van der Waals surface area (Å²) in [6, 6.07) is 3.93. The van der Waals surface area contributed by atoms with Crippen LogP contribution in [0.2, 0.25) is 0 Å². The van der Waals surface area contributed by atoms with Crippen LogP contribution < -0.4 is 9.47 Å². The van der Waals surface area contributed by atoms with Gasteiger partial charge in [0, 0.05) is 39.2 Å². The van der Waals surface area contributed by atoms with Gasteiger partial charge in [0.2, 0.25) is 5.91 Å². The summed E-state index contributed by atoms with van der Waals surface area (Å²) in [7, 11) is 1.37. The number of carbonyl (C=O) groups excluding carboxylic acids is 2. The van der Waals surface area contributed by atoms with Crippen LogP contribution >= 0.6 is 0 Å². The van der Waals surface area contributed by atoms with Gasteiger partial charge in [0.15, 0.2) is 18.1 Å². The quantitative estimate of drug-likeness (QED) is 0.578.